The summed E-state index contributed by atoms with van der Waals surface area (Å²) >= 11 is 0. The van der Waals surface area contributed by atoms with E-state index in [1.807, 2.05) is 6.92 Å². The molecule has 1 aliphatic heterocycles. The van der Waals surface area contributed by atoms with E-state index in [0.29, 0.717) is 25.8 Å². The van der Waals surface area contributed by atoms with Crippen molar-refractivity contribution in [2.75, 3.05) is 6.54 Å². The third-order valence-electron chi connectivity index (χ3n) is 4.11. The first-order valence-electron chi connectivity index (χ1n) is 8.08. The minimum Gasteiger partial charge on any atom is -0.481 e. The molecule has 21 heavy (non-hydrogen) atoms. The molecular weight excluding hydrogens is 270 g/mol. The molecule has 0 aromatic heterocycles. The molecule has 0 aliphatic carbocycles. The van der Waals surface area contributed by atoms with Crippen molar-refractivity contribution in [3.05, 3.63) is 0 Å². The Labute approximate surface area is 126 Å². The molecule has 1 heterocycles. The first kappa shape index (κ1) is 17.7. The summed E-state index contributed by atoms with van der Waals surface area (Å²) in [4.78, 5) is 37.3. The average Bonchev–Trinajstić information content (AvgIpc) is 2.80. The summed E-state index contributed by atoms with van der Waals surface area (Å²) in [6, 6.07) is -0.523. The third kappa shape index (κ3) is 4.83. The number of carbonyl (C=O) groups excluding carboxylic acids is 2. The van der Waals surface area contributed by atoms with Crippen molar-refractivity contribution in [1.29, 1.82) is 0 Å². The number of carboxylic acids is 1. The largest absolute Gasteiger partial charge is 0.481 e. The van der Waals surface area contributed by atoms with Crippen molar-refractivity contribution >= 4 is 17.7 Å². The second-order valence-corrected chi connectivity index (χ2v) is 5.78. The molecule has 5 heteroatoms. The Hall–Kier alpha value is -1.39. The highest BCUT2D eigenvalue weighted by molar-refractivity contribution is 6.03. The van der Waals surface area contributed by atoms with Crippen LogP contribution in [0, 0.1) is 5.92 Å². The Morgan fingerprint density at radius 3 is 2.52 bits per heavy atom. The maximum Gasteiger partial charge on any atom is 0.314 e. The van der Waals surface area contributed by atoms with Crippen molar-refractivity contribution in [3.63, 3.8) is 0 Å². The van der Waals surface area contributed by atoms with Crippen molar-refractivity contribution in [2.24, 2.45) is 5.92 Å². The smallest absolute Gasteiger partial charge is 0.314 e. The van der Waals surface area contributed by atoms with Crippen molar-refractivity contribution in [2.45, 2.75) is 71.3 Å². The molecule has 1 unspecified atom stereocenters. The predicted octanol–water partition coefficient (Wildman–Crippen LogP) is 2.63. The van der Waals surface area contributed by atoms with E-state index < -0.39 is 17.9 Å². The van der Waals surface area contributed by atoms with E-state index in [-0.39, 0.29) is 11.7 Å². The van der Waals surface area contributed by atoms with Gasteiger partial charge in [0, 0.05) is 13.0 Å². The van der Waals surface area contributed by atoms with Gasteiger partial charge in [0.1, 0.15) is 5.92 Å². The number of rotatable bonds is 10. The molecule has 2 atom stereocenters. The normalized spacial score (nSPS) is 19.8. The summed E-state index contributed by atoms with van der Waals surface area (Å²) in [6.45, 7) is 4.58. The predicted molar refractivity (Wildman–Crippen MR) is 79.9 cm³/mol. The minimum absolute atomic E-state index is 0.0229. The van der Waals surface area contributed by atoms with Crippen LogP contribution in [0.2, 0.25) is 0 Å². The van der Waals surface area contributed by atoms with Crippen LogP contribution in [0.1, 0.15) is 65.2 Å². The molecule has 0 radical (unpaired) electrons. The number of likely N-dealkylation sites (tertiary alicyclic amines) is 1. The molecule has 1 fully saturated rings. The van der Waals surface area contributed by atoms with Gasteiger partial charge in [-0.1, -0.05) is 39.5 Å². The molecule has 1 amide bonds. The van der Waals surface area contributed by atoms with Crippen LogP contribution in [0.25, 0.3) is 0 Å². The third-order valence-corrected chi connectivity index (χ3v) is 4.11. The van der Waals surface area contributed by atoms with Crippen LogP contribution >= 0.6 is 0 Å². The first-order valence-corrected chi connectivity index (χ1v) is 8.08. The summed E-state index contributed by atoms with van der Waals surface area (Å²) < 4.78 is 0. The summed E-state index contributed by atoms with van der Waals surface area (Å²) in [5, 5.41) is 9.32. The highest BCUT2D eigenvalue weighted by atomic mass is 16.4. The Morgan fingerprint density at radius 2 is 1.95 bits per heavy atom. The molecule has 120 valence electrons. The maximum absolute atomic E-state index is 12.5. The van der Waals surface area contributed by atoms with Gasteiger partial charge in [-0.2, -0.15) is 0 Å². The topological polar surface area (TPSA) is 74.7 Å². The highest BCUT2D eigenvalue weighted by Gasteiger charge is 2.40. The van der Waals surface area contributed by atoms with Crippen molar-refractivity contribution in [3.8, 4) is 0 Å². The monoisotopic (exact) mass is 297 g/mol. The number of nitrogens with zero attached hydrogens (tertiary/aromatic N) is 1. The van der Waals surface area contributed by atoms with Crippen molar-refractivity contribution in [1.82, 2.24) is 4.90 Å². The maximum atomic E-state index is 12.5. The molecule has 1 rings (SSSR count). The number of carbonyl (C=O) groups is 3. The molecule has 1 saturated heterocycles. The van der Waals surface area contributed by atoms with Gasteiger partial charge in [-0.25, -0.2) is 0 Å². The van der Waals surface area contributed by atoms with Crippen LogP contribution in [-0.2, 0) is 14.4 Å². The van der Waals surface area contributed by atoms with E-state index in [1.54, 1.807) is 4.90 Å². The van der Waals surface area contributed by atoms with Crippen LogP contribution in [-0.4, -0.2) is 40.3 Å². The number of unbranched alkanes of at least 4 members (excludes halogenated alkanes) is 3. The number of Topliss-reactive ketones (excluding diaryl/α,β-unsaturated/α-hetero) is 1. The van der Waals surface area contributed by atoms with E-state index in [2.05, 4.69) is 6.92 Å². The van der Waals surface area contributed by atoms with E-state index in [4.69, 9.17) is 0 Å². The summed E-state index contributed by atoms with van der Waals surface area (Å²) in [7, 11) is 0. The molecule has 0 saturated carbocycles. The molecule has 1 N–H and O–H groups in total. The number of amides is 1. The molecule has 0 spiro atoms. The van der Waals surface area contributed by atoms with Crippen LogP contribution in [0.15, 0.2) is 0 Å². The molecule has 0 aromatic rings. The summed E-state index contributed by atoms with van der Waals surface area (Å²) in [6.07, 6.45) is 5.84. The SMILES string of the molecule is CCCCCCC(C(=O)O)C(=O)[C@@H]1CCC(=O)N1CCC. The molecule has 1 aliphatic rings. The zero-order valence-electron chi connectivity index (χ0n) is 13.1. The van der Waals surface area contributed by atoms with Gasteiger partial charge in [-0.15, -0.1) is 0 Å². The van der Waals surface area contributed by atoms with Crippen LogP contribution in [0.4, 0.5) is 0 Å². The molecule has 0 aromatic carbocycles. The lowest BCUT2D eigenvalue weighted by atomic mass is 9.91. The standard InChI is InChI=1S/C16H27NO4/c1-3-5-6-7-8-12(16(20)21)15(19)13-9-10-14(18)17(13)11-4-2/h12-13H,3-11H2,1-2H3,(H,20,21)/t12?,13-/m0/s1. The first-order chi connectivity index (χ1) is 10.0. The average molecular weight is 297 g/mol. The van der Waals surface area contributed by atoms with Crippen molar-refractivity contribution < 1.29 is 19.5 Å². The lowest BCUT2D eigenvalue weighted by Gasteiger charge is -2.25. The second kappa shape index (κ2) is 8.80. The Morgan fingerprint density at radius 1 is 1.24 bits per heavy atom. The number of ketones is 1. The van der Waals surface area contributed by atoms with Gasteiger partial charge in [-0.05, 0) is 19.3 Å². The Bertz CT molecular complexity index is 380. The van der Waals surface area contributed by atoms with E-state index in [0.717, 1.165) is 32.1 Å². The summed E-state index contributed by atoms with van der Waals surface area (Å²) in [5.41, 5.74) is 0. The van der Waals surface area contributed by atoms with Crippen LogP contribution in [0.5, 0.6) is 0 Å². The second-order valence-electron chi connectivity index (χ2n) is 5.78. The Balaban J connectivity index is 2.67. The van der Waals surface area contributed by atoms with Gasteiger partial charge in [0.25, 0.3) is 0 Å². The molecule has 5 nitrogen and oxygen atoms in total. The number of aliphatic carboxylic acids is 1. The highest BCUT2D eigenvalue weighted by Crippen LogP contribution is 2.25. The zero-order valence-corrected chi connectivity index (χ0v) is 13.1. The summed E-state index contributed by atoms with van der Waals surface area (Å²) in [5.74, 6) is -2.31. The Kier molecular flexibility index (Phi) is 7.40. The minimum atomic E-state index is -1.05. The van der Waals surface area contributed by atoms with Gasteiger partial charge in [-0.3, -0.25) is 14.4 Å². The van der Waals surface area contributed by atoms with Gasteiger partial charge in [0.05, 0.1) is 6.04 Å². The lowest BCUT2D eigenvalue weighted by molar-refractivity contribution is -0.149. The number of hydrogen-bond acceptors (Lipinski definition) is 3. The molecule has 0 bridgehead atoms. The number of hydrogen-bond donors (Lipinski definition) is 1. The zero-order chi connectivity index (χ0) is 15.8. The van der Waals surface area contributed by atoms with Crippen LogP contribution < -0.4 is 0 Å². The molecular formula is C16H27NO4. The fourth-order valence-corrected chi connectivity index (χ4v) is 2.95. The lowest BCUT2D eigenvalue weighted by Crippen LogP contribution is -2.43. The van der Waals surface area contributed by atoms with E-state index in [1.165, 1.54) is 0 Å². The van der Waals surface area contributed by atoms with E-state index >= 15 is 0 Å². The van der Waals surface area contributed by atoms with Gasteiger partial charge >= 0.3 is 5.97 Å². The quantitative estimate of drug-likeness (QED) is 0.497. The van der Waals surface area contributed by atoms with Crippen LogP contribution in [0.3, 0.4) is 0 Å². The fraction of sp³-hybridized carbons (Fsp3) is 0.812. The number of carboxylic acid groups (broad SMARTS) is 1. The van der Waals surface area contributed by atoms with Gasteiger partial charge in [0.2, 0.25) is 5.91 Å². The van der Waals surface area contributed by atoms with E-state index in [9.17, 15) is 19.5 Å². The fourth-order valence-electron chi connectivity index (χ4n) is 2.95. The van der Waals surface area contributed by atoms with Gasteiger partial charge < -0.3 is 10.0 Å². The van der Waals surface area contributed by atoms with Gasteiger partial charge in [0.15, 0.2) is 5.78 Å².